The number of halogens is 3. The van der Waals surface area contributed by atoms with Crippen molar-refractivity contribution in [1.29, 1.82) is 0 Å². The smallest absolute Gasteiger partial charge is 0.353 e. The molecule has 1 saturated heterocycles. The van der Waals surface area contributed by atoms with Crippen LogP contribution in [0.2, 0.25) is 0 Å². The first-order valence-corrected chi connectivity index (χ1v) is 9.86. The molecule has 0 spiro atoms. The monoisotopic (exact) mass is 397 g/mol. The first kappa shape index (κ1) is 20.5. The van der Waals surface area contributed by atoms with Crippen LogP contribution >= 0.6 is 0 Å². The SMILES string of the molecule is O=C(NC1CCCCC1)C1CCCN(C(=O)Nc2ccc(C(F)(F)F)cc2)C1. The molecule has 2 fully saturated rings. The highest BCUT2D eigenvalue weighted by Gasteiger charge is 2.31. The number of alkyl halides is 3. The van der Waals surface area contributed by atoms with E-state index in [2.05, 4.69) is 10.6 Å². The van der Waals surface area contributed by atoms with Gasteiger partial charge < -0.3 is 15.5 Å². The van der Waals surface area contributed by atoms with Crippen molar-refractivity contribution < 1.29 is 22.8 Å². The van der Waals surface area contributed by atoms with Crippen LogP contribution in [0.1, 0.15) is 50.5 Å². The van der Waals surface area contributed by atoms with Crippen LogP contribution < -0.4 is 10.6 Å². The molecule has 8 heteroatoms. The van der Waals surface area contributed by atoms with Gasteiger partial charge in [-0.15, -0.1) is 0 Å². The van der Waals surface area contributed by atoms with E-state index in [1.807, 2.05) is 0 Å². The predicted octanol–water partition coefficient (Wildman–Crippen LogP) is 4.40. The van der Waals surface area contributed by atoms with E-state index in [1.54, 1.807) is 4.90 Å². The Hall–Kier alpha value is -2.25. The quantitative estimate of drug-likeness (QED) is 0.794. The summed E-state index contributed by atoms with van der Waals surface area (Å²) in [6.45, 7) is 0.852. The molecule has 2 N–H and O–H groups in total. The number of hydrogen-bond acceptors (Lipinski definition) is 2. The van der Waals surface area contributed by atoms with Crippen LogP contribution in [-0.4, -0.2) is 36.0 Å². The van der Waals surface area contributed by atoms with Crippen molar-refractivity contribution in [2.75, 3.05) is 18.4 Å². The number of nitrogens with zero attached hydrogens (tertiary/aromatic N) is 1. The van der Waals surface area contributed by atoms with Crippen LogP contribution in [0.3, 0.4) is 0 Å². The van der Waals surface area contributed by atoms with Crippen molar-refractivity contribution in [3.63, 3.8) is 0 Å². The van der Waals surface area contributed by atoms with Crippen molar-refractivity contribution in [3.05, 3.63) is 29.8 Å². The Balaban J connectivity index is 1.53. The molecule has 154 valence electrons. The number of urea groups is 1. The summed E-state index contributed by atoms with van der Waals surface area (Å²) in [7, 11) is 0. The van der Waals surface area contributed by atoms with E-state index in [4.69, 9.17) is 0 Å². The molecule has 1 aliphatic heterocycles. The van der Waals surface area contributed by atoms with Crippen LogP contribution in [0.25, 0.3) is 0 Å². The highest BCUT2D eigenvalue weighted by molar-refractivity contribution is 5.90. The molecule has 2 aliphatic rings. The van der Waals surface area contributed by atoms with E-state index in [1.165, 1.54) is 18.6 Å². The molecule has 1 aromatic carbocycles. The summed E-state index contributed by atoms with van der Waals surface area (Å²) in [5, 5.41) is 5.73. The molecule has 1 unspecified atom stereocenters. The third kappa shape index (κ3) is 5.39. The molecular weight excluding hydrogens is 371 g/mol. The fraction of sp³-hybridized carbons (Fsp3) is 0.600. The molecule has 1 heterocycles. The number of anilines is 1. The van der Waals surface area contributed by atoms with E-state index in [0.29, 0.717) is 18.8 Å². The molecule has 0 bridgehead atoms. The fourth-order valence-corrected chi connectivity index (χ4v) is 3.89. The largest absolute Gasteiger partial charge is 0.416 e. The second-order valence-electron chi connectivity index (χ2n) is 7.63. The third-order valence-corrected chi connectivity index (χ3v) is 5.49. The van der Waals surface area contributed by atoms with Gasteiger partial charge >= 0.3 is 12.2 Å². The minimum absolute atomic E-state index is 0.000991. The summed E-state index contributed by atoms with van der Waals surface area (Å²) in [5.41, 5.74) is -0.463. The van der Waals surface area contributed by atoms with Gasteiger partial charge in [0.15, 0.2) is 0 Å². The Morgan fingerprint density at radius 2 is 1.64 bits per heavy atom. The molecule has 1 saturated carbocycles. The number of hydrogen-bond donors (Lipinski definition) is 2. The number of amides is 3. The minimum atomic E-state index is -4.41. The maximum absolute atomic E-state index is 12.6. The van der Waals surface area contributed by atoms with Crippen LogP contribution in [0, 0.1) is 5.92 Å². The maximum Gasteiger partial charge on any atom is 0.416 e. The van der Waals surface area contributed by atoms with Crippen molar-refractivity contribution in [1.82, 2.24) is 10.2 Å². The number of carbonyl (C=O) groups excluding carboxylic acids is 2. The normalized spacial score (nSPS) is 21.2. The van der Waals surface area contributed by atoms with E-state index < -0.39 is 17.8 Å². The van der Waals surface area contributed by atoms with Gasteiger partial charge in [0.2, 0.25) is 5.91 Å². The lowest BCUT2D eigenvalue weighted by atomic mass is 9.93. The van der Waals surface area contributed by atoms with E-state index in [9.17, 15) is 22.8 Å². The van der Waals surface area contributed by atoms with E-state index >= 15 is 0 Å². The molecule has 1 aliphatic carbocycles. The molecule has 5 nitrogen and oxygen atoms in total. The molecule has 0 aromatic heterocycles. The summed E-state index contributed by atoms with van der Waals surface area (Å²) in [6, 6.07) is 4.18. The van der Waals surface area contributed by atoms with Crippen LogP contribution in [0.15, 0.2) is 24.3 Å². The van der Waals surface area contributed by atoms with Crippen molar-refractivity contribution in [3.8, 4) is 0 Å². The fourth-order valence-electron chi connectivity index (χ4n) is 3.89. The average molecular weight is 397 g/mol. The summed E-state index contributed by atoms with van der Waals surface area (Å²) in [4.78, 5) is 26.6. The number of likely N-dealkylation sites (tertiary alicyclic amines) is 1. The van der Waals surface area contributed by atoms with Gasteiger partial charge in [-0.05, 0) is 49.9 Å². The van der Waals surface area contributed by atoms with Crippen molar-refractivity contribution in [2.24, 2.45) is 5.92 Å². The summed E-state index contributed by atoms with van der Waals surface area (Å²) in [5.74, 6) is -0.243. The van der Waals surface area contributed by atoms with Crippen LogP contribution in [0.5, 0.6) is 0 Å². The number of rotatable bonds is 3. The second kappa shape index (κ2) is 8.84. The molecule has 1 aromatic rings. The summed E-state index contributed by atoms with van der Waals surface area (Å²) in [6.07, 6.45) is 2.57. The van der Waals surface area contributed by atoms with Gasteiger partial charge in [-0.25, -0.2) is 4.79 Å². The highest BCUT2D eigenvalue weighted by atomic mass is 19.4. The lowest BCUT2D eigenvalue weighted by Crippen LogP contribution is -2.48. The van der Waals surface area contributed by atoms with Crippen LogP contribution in [-0.2, 0) is 11.0 Å². The first-order valence-electron chi connectivity index (χ1n) is 9.86. The Morgan fingerprint density at radius 3 is 2.29 bits per heavy atom. The number of carbonyl (C=O) groups is 2. The number of piperidine rings is 1. The van der Waals surface area contributed by atoms with E-state index in [-0.39, 0.29) is 17.9 Å². The average Bonchev–Trinajstić information content (AvgIpc) is 2.68. The predicted molar refractivity (Wildman–Crippen MR) is 99.8 cm³/mol. The van der Waals surface area contributed by atoms with E-state index in [0.717, 1.165) is 50.7 Å². The van der Waals surface area contributed by atoms with Crippen molar-refractivity contribution >= 4 is 17.6 Å². The Labute approximate surface area is 162 Å². The zero-order valence-electron chi connectivity index (χ0n) is 15.7. The third-order valence-electron chi connectivity index (χ3n) is 5.49. The van der Waals surface area contributed by atoms with Gasteiger partial charge in [-0.3, -0.25) is 4.79 Å². The highest BCUT2D eigenvalue weighted by Crippen LogP contribution is 2.30. The first-order chi connectivity index (χ1) is 13.3. The minimum Gasteiger partial charge on any atom is -0.353 e. The Kier molecular flexibility index (Phi) is 6.46. The number of benzene rings is 1. The maximum atomic E-state index is 12.6. The standard InChI is InChI=1S/C20H26F3N3O2/c21-20(22,23)15-8-10-17(11-9-15)25-19(28)26-12-4-5-14(13-26)18(27)24-16-6-2-1-3-7-16/h8-11,14,16H,1-7,12-13H2,(H,24,27)(H,25,28). The second-order valence-corrected chi connectivity index (χ2v) is 7.63. The Bertz CT molecular complexity index is 685. The number of nitrogens with one attached hydrogen (secondary N) is 2. The van der Waals surface area contributed by atoms with Gasteiger partial charge in [-0.1, -0.05) is 19.3 Å². The van der Waals surface area contributed by atoms with Gasteiger partial charge in [0.25, 0.3) is 0 Å². The molecule has 3 rings (SSSR count). The summed E-state index contributed by atoms with van der Waals surface area (Å²) >= 11 is 0. The molecule has 1 atom stereocenters. The van der Waals surface area contributed by atoms with Gasteiger partial charge in [0.05, 0.1) is 11.5 Å². The van der Waals surface area contributed by atoms with Crippen molar-refractivity contribution in [2.45, 2.75) is 57.2 Å². The molecular formula is C20H26F3N3O2. The van der Waals surface area contributed by atoms with Gasteiger partial charge in [-0.2, -0.15) is 13.2 Å². The lowest BCUT2D eigenvalue weighted by molar-refractivity contribution is -0.137. The van der Waals surface area contributed by atoms with Crippen LogP contribution in [0.4, 0.5) is 23.7 Å². The molecule has 3 amide bonds. The molecule has 0 radical (unpaired) electrons. The lowest BCUT2D eigenvalue weighted by Gasteiger charge is -2.33. The topological polar surface area (TPSA) is 61.4 Å². The zero-order chi connectivity index (χ0) is 20.1. The van der Waals surface area contributed by atoms with Gasteiger partial charge in [0, 0.05) is 24.8 Å². The summed E-state index contributed by atoms with van der Waals surface area (Å²) < 4.78 is 37.9. The zero-order valence-corrected chi connectivity index (χ0v) is 15.7. The van der Waals surface area contributed by atoms with Gasteiger partial charge in [0.1, 0.15) is 0 Å². The molecule has 28 heavy (non-hydrogen) atoms. The Morgan fingerprint density at radius 1 is 0.964 bits per heavy atom.